The van der Waals surface area contributed by atoms with Crippen molar-refractivity contribution in [3.8, 4) is 0 Å². The highest BCUT2D eigenvalue weighted by Gasteiger charge is 2.07. The third-order valence-corrected chi connectivity index (χ3v) is 5.50. The summed E-state index contributed by atoms with van der Waals surface area (Å²) in [5.41, 5.74) is 2.16. The molecule has 0 fully saturated rings. The van der Waals surface area contributed by atoms with Gasteiger partial charge in [-0.05, 0) is 38.2 Å². The third-order valence-electron chi connectivity index (χ3n) is 5.50. The van der Waals surface area contributed by atoms with E-state index < -0.39 is 0 Å². The highest BCUT2D eigenvalue weighted by molar-refractivity contribution is 5.69. The van der Waals surface area contributed by atoms with Crippen LogP contribution in [0.4, 0.5) is 5.69 Å². The van der Waals surface area contributed by atoms with Gasteiger partial charge in [-0.1, -0.05) is 88.6 Å². The van der Waals surface area contributed by atoms with Crippen molar-refractivity contribution in [2.45, 2.75) is 103 Å². The zero-order valence-corrected chi connectivity index (χ0v) is 19.8. The van der Waals surface area contributed by atoms with E-state index in [0.717, 1.165) is 24.1 Å². The van der Waals surface area contributed by atoms with Crippen LogP contribution in [0, 0.1) is 0 Å². The summed E-state index contributed by atoms with van der Waals surface area (Å²) in [6, 6.07) is 8.06. The zero-order chi connectivity index (χ0) is 21.9. The fourth-order valence-corrected chi connectivity index (χ4v) is 3.64. The van der Waals surface area contributed by atoms with Gasteiger partial charge >= 0.3 is 5.97 Å². The molecule has 1 aromatic rings. The van der Waals surface area contributed by atoms with Gasteiger partial charge in [0.1, 0.15) is 6.61 Å². The summed E-state index contributed by atoms with van der Waals surface area (Å²) in [5, 5.41) is 0. The molecule has 0 aromatic heterocycles. The Morgan fingerprint density at radius 3 is 2.03 bits per heavy atom. The van der Waals surface area contributed by atoms with Crippen molar-refractivity contribution in [3.63, 3.8) is 0 Å². The Morgan fingerprint density at radius 1 is 0.833 bits per heavy atom. The molecule has 0 aliphatic rings. The van der Waals surface area contributed by atoms with Crippen molar-refractivity contribution in [1.82, 2.24) is 0 Å². The van der Waals surface area contributed by atoms with Gasteiger partial charge in [0.2, 0.25) is 0 Å². The molecule has 0 saturated heterocycles. The van der Waals surface area contributed by atoms with Crippen molar-refractivity contribution in [1.29, 1.82) is 0 Å². The Morgan fingerprint density at radius 2 is 1.40 bits per heavy atom. The smallest absolute Gasteiger partial charge is 0.306 e. The lowest BCUT2D eigenvalue weighted by molar-refractivity contribution is -0.145. The predicted molar refractivity (Wildman–Crippen MR) is 130 cm³/mol. The molecule has 30 heavy (non-hydrogen) atoms. The van der Waals surface area contributed by atoms with Crippen LogP contribution in [0.3, 0.4) is 0 Å². The molecule has 1 rings (SSSR count). The van der Waals surface area contributed by atoms with Gasteiger partial charge in [0.15, 0.2) is 0 Å². The van der Waals surface area contributed by atoms with Crippen molar-refractivity contribution in [2.24, 2.45) is 0 Å². The molecule has 0 bridgehead atoms. The summed E-state index contributed by atoms with van der Waals surface area (Å²) in [6.45, 7) is 2.63. The van der Waals surface area contributed by atoms with E-state index in [0.29, 0.717) is 13.0 Å². The molecule has 0 spiro atoms. The molecule has 0 aliphatic heterocycles. The van der Waals surface area contributed by atoms with Crippen LogP contribution < -0.4 is 4.90 Å². The summed E-state index contributed by atoms with van der Waals surface area (Å²) < 4.78 is 5.46. The molecule has 0 radical (unpaired) electrons. The molecule has 0 saturated carbocycles. The first-order chi connectivity index (χ1) is 14.6. The lowest BCUT2D eigenvalue weighted by Gasteiger charge is -2.17. The SMILES string of the molecule is CCCCCCCC/C=C\CCCCCCCC(=O)OCc1ccccc1N(C)C. The second kappa shape index (κ2) is 18.0. The van der Waals surface area contributed by atoms with Gasteiger partial charge in [0.25, 0.3) is 0 Å². The summed E-state index contributed by atoms with van der Waals surface area (Å²) in [5.74, 6) is -0.0822. The maximum absolute atomic E-state index is 12.0. The second-order valence-corrected chi connectivity index (χ2v) is 8.52. The Balaban J connectivity index is 1.94. The first-order valence-electron chi connectivity index (χ1n) is 12.2. The van der Waals surface area contributed by atoms with Crippen LogP contribution in [0.15, 0.2) is 36.4 Å². The maximum atomic E-state index is 12.0. The van der Waals surface area contributed by atoms with Crippen molar-refractivity contribution < 1.29 is 9.53 Å². The standard InChI is InChI=1S/C27H45NO2/c1-4-5-6-7-8-9-10-11-12-13-14-15-16-17-18-23-27(29)30-24-25-21-19-20-22-26(25)28(2)3/h11-12,19-22H,4-10,13-18,23-24H2,1-3H3/b12-11-. The molecule has 3 nitrogen and oxygen atoms in total. The van der Waals surface area contributed by atoms with E-state index in [-0.39, 0.29) is 5.97 Å². The summed E-state index contributed by atoms with van der Waals surface area (Å²) >= 11 is 0. The number of ether oxygens (including phenoxy) is 1. The molecular weight excluding hydrogens is 370 g/mol. The predicted octanol–water partition coefficient (Wildman–Crippen LogP) is 7.83. The van der Waals surface area contributed by atoms with E-state index in [1.54, 1.807) is 0 Å². The number of nitrogens with zero attached hydrogens (tertiary/aromatic N) is 1. The summed E-state index contributed by atoms with van der Waals surface area (Å²) in [4.78, 5) is 14.0. The summed E-state index contributed by atoms with van der Waals surface area (Å²) in [6.07, 6.45) is 21.7. The fourth-order valence-electron chi connectivity index (χ4n) is 3.64. The fraction of sp³-hybridized carbons (Fsp3) is 0.667. The van der Waals surface area contributed by atoms with Crippen LogP contribution in [0.2, 0.25) is 0 Å². The largest absolute Gasteiger partial charge is 0.461 e. The Bertz CT molecular complexity index is 580. The van der Waals surface area contributed by atoms with E-state index in [2.05, 4.69) is 19.1 Å². The van der Waals surface area contributed by atoms with E-state index in [1.165, 1.54) is 70.6 Å². The van der Waals surface area contributed by atoms with Crippen LogP contribution in [0.25, 0.3) is 0 Å². The third kappa shape index (κ3) is 13.5. The van der Waals surface area contributed by atoms with E-state index in [4.69, 9.17) is 4.74 Å². The van der Waals surface area contributed by atoms with Crippen molar-refractivity contribution >= 4 is 11.7 Å². The molecule has 0 atom stereocenters. The topological polar surface area (TPSA) is 29.5 Å². The number of carbonyl (C=O) groups is 1. The number of rotatable bonds is 18. The van der Waals surface area contributed by atoms with Crippen molar-refractivity contribution in [3.05, 3.63) is 42.0 Å². The van der Waals surface area contributed by atoms with E-state index in [1.807, 2.05) is 43.3 Å². The molecule has 1 aromatic carbocycles. The minimum Gasteiger partial charge on any atom is -0.461 e. The average Bonchev–Trinajstić information content (AvgIpc) is 2.75. The van der Waals surface area contributed by atoms with Gasteiger partial charge in [-0.2, -0.15) is 0 Å². The second-order valence-electron chi connectivity index (χ2n) is 8.52. The van der Waals surface area contributed by atoms with Crippen LogP contribution in [0.1, 0.15) is 102 Å². The van der Waals surface area contributed by atoms with E-state index in [9.17, 15) is 4.79 Å². The van der Waals surface area contributed by atoms with Gasteiger partial charge in [-0.15, -0.1) is 0 Å². The molecule has 170 valence electrons. The zero-order valence-electron chi connectivity index (χ0n) is 19.8. The average molecular weight is 416 g/mol. The van der Waals surface area contributed by atoms with Crippen LogP contribution in [-0.4, -0.2) is 20.1 Å². The summed E-state index contributed by atoms with van der Waals surface area (Å²) in [7, 11) is 4.01. The monoisotopic (exact) mass is 415 g/mol. The minimum atomic E-state index is -0.0822. The number of para-hydroxylation sites is 1. The lowest BCUT2D eigenvalue weighted by Crippen LogP contribution is -2.12. The molecule has 0 aliphatic carbocycles. The van der Waals surface area contributed by atoms with Gasteiger partial charge in [0.05, 0.1) is 0 Å². The molecule has 3 heteroatoms. The molecule has 0 N–H and O–H groups in total. The van der Waals surface area contributed by atoms with Gasteiger partial charge in [0, 0.05) is 31.8 Å². The van der Waals surface area contributed by atoms with Crippen LogP contribution in [0.5, 0.6) is 0 Å². The number of carbonyl (C=O) groups excluding carboxylic acids is 1. The molecule has 0 heterocycles. The van der Waals surface area contributed by atoms with Gasteiger partial charge in [-0.25, -0.2) is 0 Å². The quantitative estimate of drug-likeness (QED) is 0.139. The first-order valence-corrected chi connectivity index (χ1v) is 12.2. The maximum Gasteiger partial charge on any atom is 0.306 e. The van der Waals surface area contributed by atoms with Gasteiger partial charge in [-0.3, -0.25) is 4.79 Å². The number of benzene rings is 1. The Hall–Kier alpha value is -1.77. The first kappa shape index (κ1) is 26.3. The van der Waals surface area contributed by atoms with Crippen LogP contribution >= 0.6 is 0 Å². The number of anilines is 1. The number of esters is 1. The molecule has 0 amide bonds. The van der Waals surface area contributed by atoms with E-state index >= 15 is 0 Å². The normalized spacial score (nSPS) is 11.2. The number of hydrogen-bond donors (Lipinski definition) is 0. The lowest BCUT2D eigenvalue weighted by atomic mass is 10.1. The molecular formula is C27H45NO2. The highest BCUT2D eigenvalue weighted by atomic mass is 16.5. The van der Waals surface area contributed by atoms with Crippen molar-refractivity contribution in [2.75, 3.05) is 19.0 Å². The number of unbranched alkanes of at least 4 members (excludes halogenated alkanes) is 11. The molecule has 0 unspecified atom stereocenters. The number of allylic oxidation sites excluding steroid dienone is 2. The highest BCUT2D eigenvalue weighted by Crippen LogP contribution is 2.19. The Labute approximate surface area is 185 Å². The van der Waals surface area contributed by atoms with Crippen LogP contribution in [-0.2, 0) is 16.1 Å². The Kier molecular flexibility index (Phi) is 15.8. The minimum absolute atomic E-state index is 0.0822. The van der Waals surface area contributed by atoms with Gasteiger partial charge < -0.3 is 9.64 Å². The number of hydrogen-bond acceptors (Lipinski definition) is 3.